The number of halogens is 2. The van der Waals surface area contributed by atoms with Crippen LogP contribution in [0, 0.1) is 0 Å². The van der Waals surface area contributed by atoms with Gasteiger partial charge in [0.1, 0.15) is 6.01 Å². The Hall–Kier alpha value is -0.0200. The monoisotopic (exact) mass is 234 g/mol. The third-order valence-electron chi connectivity index (χ3n) is 1.26. The Morgan fingerprint density at radius 1 is 1.27 bits per heavy atom. The van der Waals surface area contributed by atoms with Crippen molar-refractivity contribution in [3.8, 4) is 0 Å². The fraction of sp³-hybridized carbons (Fsp3) is 0.250. The Kier molecular flexibility index (Phi) is 3.94. The lowest BCUT2D eigenvalue weighted by molar-refractivity contribution is 0.605. The normalized spacial score (nSPS) is 10.0. The van der Waals surface area contributed by atoms with E-state index in [1.165, 1.54) is 11.8 Å². The molecule has 0 aliphatic rings. The maximum atomic E-state index is 11.7. The number of hydrogen-bond acceptors (Lipinski definition) is 1. The molecule has 0 radical (unpaired) electrons. The molecule has 0 spiro atoms. The van der Waals surface area contributed by atoms with Crippen molar-refractivity contribution in [1.29, 1.82) is 0 Å². The van der Waals surface area contributed by atoms with E-state index in [0.29, 0.717) is 0 Å². The molecule has 0 fully saturated rings. The highest BCUT2D eigenvalue weighted by Gasteiger charge is 1.91. The van der Waals surface area contributed by atoms with Crippen LogP contribution in [-0.2, 0) is 5.75 Å². The summed E-state index contributed by atoms with van der Waals surface area (Å²) in [6.07, 6.45) is 0. The van der Waals surface area contributed by atoms with Crippen LogP contribution in [0.15, 0.2) is 28.7 Å². The topological polar surface area (TPSA) is 0 Å². The van der Waals surface area contributed by atoms with Crippen LogP contribution in [0.5, 0.6) is 0 Å². The second-order valence-electron chi connectivity index (χ2n) is 2.08. The molecule has 1 aromatic carbocycles. The minimum Gasteiger partial charge on any atom is -0.239 e. The van der Waals surface area contributed by atoms with Crippen molar-refractivity contribution in [3.05, 3.63) is 34.3 Å². The third kappa shape index (κ3) is 3.25. The fourth-order valence-corrected chi connectivity index (χ4v) is 1.51. The van der Waals surface area contributed by atoms with Gasteiger partial charge in [-0.1, -0.05) is 28.1 Å². The maximum Gasteiger partial charge on any atom is 0.135 e. The maximum absolute atomic E-state index is 11.7. The molecule has 0 N–H and O–H groups in total. The Bertz CT molecular complexity index is 210. The predicted molar refractivity (Wildman–Crippen MR) is 51.4 cm³/mol. The summed E-state index contributed by atoms with van der Waals surface area (Å²) in [5.41, 5.74) is 1.16. The SMILES string of the molecule is FCSCc1ccc(Br)cc1. The molecule has 0 aromatic heterocycles. The molecular weight excluding hydrogens is 227 g/mol. The lowest BCUT2D eigenvalue weighted by Crippen LogP contribution is -1.78. The zero-order valence-electron chi connectivity index (χ0n) is 5.89. The number of benzene rings is 1. The van der Waals surface area contributed by atoms with Gasteiger partial charge in [-0.05, 0) is 17.7 Å². The van der Waals surface area contributed by atoms with Crippen LogP contribution in [0.2, 0.25) is 0 Å². The van der Waals surface area contributed by atoms with Crippen LogP contribution in [0.3, 0.4) is 0 Å². The number of hydrogen-bond donors (Lipinski definition) is 0. The summed E-state index contributed by atoms with van der Waals surface area (Å²) in [6.45, 7) is 0. The van der Waals surface area contributed by atoms with Crippen molar-refractivity contribution in [1.82, 2.24) is 0 Å². The van der Waals surface area contributed by atoms with Crippen molar-refractivity contribution in [2.24, 2.45) is 0 Å². The van der Waals surface area contributed by atoms with Gasteiger partial charge < -0.3 is 0 Å². The van der Waals surface area contributed by atoms with Crippen molar-refractivity contribution < 1.29 is 4.39 Å². The van der Waals surface area contributed by atoms with Gasteiger partial charge in [-0.3, -0.25) is 0 Å². The van der Waals surface area contributed by atoms with Gasteiger partial charge in [-0.2, -0.15) is 0 Å². The summed E-state index contributed by atoms with van der Waals surface area (Å²) >= 11 is 4.62. The molecule has 0 heterocycles. The first-order valence-electron chi connectivity index (χ1n) is 3.21. The molecule has 0 bridgehead atoms. The van der Waals surface area contributed by atoms with Gasteiger partial charge >= 0.3 is 0 Å². The Balaban J connectivity index is 2.52. The first-order valence-corrected chi connectivity index (χ1v) is 5.16. The van der Waals surface area contributed by atoms with Gasteiger partial charge in [0.15, 0.2) is 0 Å². The van der Waals surface area contributed by atoms with Crippen LogP contribution in [-0.4, -0.2) is 6.01 Å². The first-order chi connectivity index (χ1) is 5.33. The minimum absolute atomic E-state index is 0.309. The van der Waals surface area contributed by atoms with E-state index in [9.17, 15) is 4.39 Å². The van der Waals surface area contributed by atoms with Gasteiger partial charge in [0.25, 0.3) is 0 Å². The smallest absolute Gasteiger partial charge is 0.135 e. The molecule has 0 aliphatic carbocycles. The summed E-state index contributed by atoms with van der Waals surface area (Å²) in [4.78, 5) is 0. The number of thioether (sulfide) groups is 1. The highest BCUT2D eigenvalue weighted by atomic mass is 79.9. The van der Waals surface area contributed by atoms with Crippen LogP contribution in [0.4, 0.5) is 4.39 Å². The molecular formula is C8H8BrFS. The van der Waals surface area contributed by atoms with Crippen LogP contribution in [0.25, 0.3) is 0 Å². The van der Waals surface area contributed by atoms with Crippen molar-refractivity contribution in [3.63, 3.8) is 0 Å². The van der Waals surface area contributed by atoms with E-state index >= 15 is 0 Å². The Labute approximate surface area is 78.3 Å². The molecule has 0 saturated carbocycles. The van der Waals surface area contributed by atoms with Crippen molar-refractivity contribution in [2.45, 2.75) is 5.75 Å². The average molecular weight is 235 g/mol. The molecule has 1 rings (SSSR count). The van der Waals surface area contributed by atoms with E-state index in [1.807, 2.05) is 24.3 Å². The van der Waals surface area contributed by atoms with E-state index in [2.05, 4.69) is 15.9 Å². The summed E-state index contributed by atoms with van der Waals surface area (Å²) in [6, 6.07) is 7.61. The lowest BCUT2D eigenvalue weighted by Gasteiger charge is -1.97. The first kappa shape index (κ1) is 9.07. The molecule has 0 amide bonds. The van der Waals surface area contributed by atoms with E-state index in [1.54, 1.807) is 0 Å². The summed E-state index contributed by atoms with van der Waals surface area (Å²) < 4.78 is 12.8. The zero-order chi connectivity index (χ0) is 8.10. The van der Waals surface area contributed by atoms with Gasteiger partial charge in [-0.15, -0.1) is 11.8 Å². The molecule has 0 unspecified atom stereocenters. The molecule has 0 saturated heterocycles. The van der Waals surface area contributed by atoms with Crippen LogP contribution >= 0.6 is 27.7 Å². The molecule has 0 nitrogen and oxygen atoms in total. The predicted octanol–water partition coefficient (Wildman–Crippen LogP) is 3.61. The van der Waals surface area contributed by atoms with Gasteiger partial charge in [0.05, 0.1) is 0 Å². The molecule has 3 heteroatoms. The van der Waals surface area contributed by atoms with Gasteiger partial charge in [0, 0.05) is 10.2 Å². The van der Waals surface area contributed by atoms with E-state index < -0.39 is 0 Å². The number of alkyl halides is 1. The second-order valence-corrected chi connectivity index (χ2v) is 3.91. The summed E-state index contributed by atoms with van der Waals surface area (Å²) in [5, 5.41) is 0. The third-order valence-corrected chi connectivity index (χ3v) is 2.48. The van der Waals surface area contributed by atoms with Crippen LogP contribution in [0.1, 0.15) is 5.56 Å². The van der Waals surface area contributed by atoms with Crippen molar-refractivity contribution >= 4 is 27.7 Å². The fourth-order valence-electron chi connectivity index (χ4n) is 0.737. The minimum atomic E-state index is -0.309. The zero-order valence-corrected chi connectivity index (χ0v) is 8.29. The second kappa shape index (κ2) is 4.78. The molecule has 11 heavy (non-hydrogen) atoms. The average Bonchev–Trinajstić information content (AvgIpc) is 2.04. The largest absolute Gasteiger partial charge is 0.239 e. The molecule has 60 valence electrons. The van der Waals surface area contributed by atoms with E-state index in [-0.39, 0.29) is 6.01 Å². The number of rotatable bonds is 3. The highest BCUT2D eigenvalue weighted by Crippen LogP contribution is 2.15. The standard InChI is InChI=1S/C8H8BrFS/c9-8-3-1-7(2-4-8)5-11-6-10/h1-4H,5-6H2. The summed E-state index contributed by atoms with van der Waals surface area (Å²) in [7, 11) is 0. The molecule has 1 aromatic rings. The highest BCUT2D eigenvalue weighted by molar-refractivity contribution is 9.10. The van der Waals surface area contributed by atoms with E-state index in [0.717, 1.165) is 15.8 Å². The van der Waals surface area contributed by atoms with Crippen LogP contribution < -0.4 is 0 Å². The molecule has 0 aliphatic heterocycles. The Morgan fingerprint density at radius 3 is 2.45 bits per heavy atom. The lowest BCUT2D eigenvalue weighted by atomic mass is 10.2. The van der Waals surface area contributed by atoms with Gasteiger partial charge in [0.2, 0.25) is 0 Å². The summed E-state index contributed by atoms with van der Waals surface area (Å²) in [5.74, 6) is 0.754. The van der Waals surface area contributed by atoms with E-state index in [4.69, 9.17) is 0 Å². The van der Waals surface area contributed by atoms with Crippen molar-refractivity contribution in [2.75, 3.05) is 6.01 Å². The molecule has 0 atom stereocenters. The Morgan fingerprint density at radius 2 is 1.91 bits per heavy atom. The van der Waals surface area contributed by atoms with Gasteiger partial charge in [-0.25, -0.2) is 4.39 Å². The quantitative estimate of drug-likeness (QED) is 0.771.